The Morgan fingerprint density at radius 1 is 1.44 bits per heavy atom. The Bertz CT molecular complexity index is 454. The van der Waals surface area contributed by atoms with Gasteiger partial charge in [-0.1, -0.05) is 0 Å². The molecule has 84 valence electrons. The van der Waals surface area contributed by atoms with Crippen LogP contribution in [-0.2, 0) is 6.54 Å². The van der Waals surface area contributed by atoms with Crippen LogP contribution in [0.3, 0.4) is 0 Å². The fourth-order valence-electron chi connectivity index (χ4n) is 1.31. The zero-order chi connectivity index (χ0) is 11.4. The maximum atomic E-state index is 5.26. The second-order valence-electron chi connectivity index (χ2n) is 3.35. The third-order valence-corrected chi connectivity index (χ3v) is 2.04. The number of hydrogen-bond donors (Lipinski definition) is 3. The fraction of sp³-hybridized carbons (Fsp3) is 0.200. The SMILES string of the molecule is Cc1cc(NCc2ccoc2)nc(NN)n1. The van der Waals surface area contributed by atoms with Gasteiger partial charge in [0.25, 0.3) is 0 Å². The van der Waals surface area contributed by atoms with Crippen molar-refractivity contribution in [1.29, 1.82) is 0 Å². The Kier molecular flexibility index (Phi) is 3.02. The number of furan rings is 1. The second-order valence-corrected chi connectivity index (χ2v) is 3.35. The molecule has 0 saturated carbocycles. The van der Waals surface area contributed by atoms with E-state index < -0.39 is 0 Å². The number of hydrogen-bond acceptors (Lipinski definition) is 6. The summed E-state index contributed by atoms with van der Waals surface area (Å²) in [7, 11) is 0. The Morgan fingerprint density at radius 3 is 3.00 bits per heavy atom. The molecule has 0 radical (unpaired) electrons. The van der Waals surface area contributed by atoms with E-state index in [1.165, 1.54) is 0 Å². The molecule has 6 nitrogen and oxygen atoms in total. The van der Waals surface area contributed by atoms with Crippen molar-refractivity contribution in [2.45, 2.75) is 13.5 Å². The van der Waals surface area contributed by atoms with Crippen LogP contribution in [-0.4, -0.2) is 9.97 Å². The normalized spacial score (nSPS) is 10.1. The summed E-state index contributed by atoms with van der Waals surface area (Å²) in [6.07, 6.45) is 3.32. The van der Waals surface area contributed by atoms with E-state index >= 15 is 0 Å². The van der Waals surface area contributed by atoms with Gasteiger partial charge in [-0.15, -0.1) is 0 Å². The first kappa shape index (κ1) is 10.4. The monoisotopic (exact) mass is 219 g/mol. The summed E-state index contributed by atoms with van der Waals surface area (Å²) < 4.78 is 4.97. The molecule has 4 N–H and O–H groups in total. The van der Waals surface area contributed by atoms with Gasteiger partial charge in [0.2, 0.25) is 5.95 Å². The second kappa shape index (κ2) is 4.63. The summed E-state index contributed by atoms with van der Waals surface area (Å²) in [5.74, 6) is 6.38. The van der Waals surface area contributed by atoms with Gasteiger partial charge in [-0.25, -0.2) is 10.8 Å². The highest BCUT2D eigenvalue weighted by Crippen LogP contribution is 2.10. The molecule has 0 saturated heterocycles. The quantitative estimate of drug-likeness (QED) is 0.530. The molecular formula is C10H13N5O. The standard InChI is InChI=1S/C10H13N5O/c1-7-4-9(14-10(13-7)15-11)12-5-8-2-3-16-6-8/h2-4,6H,5,11H2,1H3,(H2,12,13,14,15). The first-order valence-electron chi connectivity index (χ1n) is 4.85. The van der Waals surface area contributed by atoms with Crippen LogP contribution in [0.15, 0.2) is 29.1 Å². The lowest BCUT2D eigenvalue weighted by Gasteiger charge is -2.06. The molecule has 6 heteroatoms. The molecule has 0 spiro atoms. The van der Waals surface area contributed by atoms with Gasteiger partial charge in [0, 0.05) is 23.9 Å². The molecule has 2 aromatic heterocycles. The number of anilines is 2. The summed E-state index contributed by atoms with van der Waals surface area (Å²) in [5, 5.41) is 3.16. The summed E-state index contributed by atoms with van der Waals surface area (Å²) in [5.41, 5.74) is 4.32. The van der Waals surface area contributed by atoms with Gasteiger partial charge < -0.3 is 9.73 Å². The maximum absolute atomic E-state index is 5.26. The van der Waals surface area contributed by atoms with Crippen LogP contribution in [0.25, 0.3) is 0 Å². The molecule has 0 aliphatic carbocycles. The van der Waals surface area contributed by atoms with Gasteiger partial charge in [-0.2, -0.15) is 4.98 Å². The van der Waals surface area contributed by atoms with E-state index in [0.717, 1.165) is 17.1 Å². The highest BCUT2D eigenvalue weighted by Gasteiger charge is 2.01. The molecule has 0 aromatic carbocycles. The molecule has 0 amide bonds. The van der Waals surface area contributed by atoms with Gasteiger partial charge in [0.15, 0.2) is 0 Å². The van der Waals surface area contributed by atoms with Crippen molar-refractivity contribution < 1.29 is 4.42 Å². The van der Waals surface area contributed by atoms with Gasteiger partial charge >= 0.3 is 0 Å². The summed E-state index contributed by atoms with van der Waals surface area (Å²) in [6.45, 7) is 2.53. The van der Waals surface area contributed by atoms with Gasteiger partial charge in [-0.05, 0) is 13.0 Å². The number of nitrogen functional groups attached to an aromatic ring is 1. The first-order valence-corrected chi connectivity index (χ1v) is 4.85. The molecule has 0 atom stereocenters. The van der Waals surface area contributed by atoms with Gasteiger partial charge in [-0.3, -0.25) is 5.43 Å². The van der Waals surface area contributed by atoms with Crippen LogP contribution in [0, 0.1) is 6.92 Å². The van der Waals surface area contributed by atoms with Crippen LogP contribution in [0.5, 0.6) is 0 Å². The maximum Gasteiger partial charge on any atom is 0.239 e. The molecule has 0 unspecified atom stereocenters. The Balaban J connectivity index is 2.06. The zero-order valence-electron chi connectivity index (χ0n) is 8.90. The lowest BCUT2D eigenvalue weighted by atomic mass is 10.3. The number of hydrazine groups is 1. The summed E-state index contributed by atoms with van der Waals surface area (Å²) in [4.78, 5) is 8.25. The van der Waals surface area contributed by atoms with E-state index in [1.54, 1.807) is 12.5 Å². The van der Waals surface area contributed by atoms with Crippen molar-refractivity contribution >= 4 is 11.8 Å². The highest BCUT2D eigenvalue weighted by molar-refractivity contribution is 5.41. The lowest BCUT2D eigenvalue weighted by Crippen LogP contribution is -2.12. The molecular weight excluding hydrogens is 206 g/mol. The van der Waals surface area contributed by atoms with Crippen molar-refractivity contribution in [3.05, 3.63) is 35.9 Å². The molecule has 0 aliphatic rings. The van der Waals surface area contributed by atoms with Gasteiger partial charge in [0.05, 0.1) is 12.5 Å². The smallest absolute Gasteiger partial charge is 0.239 e. The minimum atomic E-state index is 0.398. The fourth-order valence-corrected chi connectivity index (χ4v) is 1.31. The topological polar surface area (TPSA) is 89.0 Å². The van der Waals surface area contributed by atoms with Crippen molar-refractivity contribution in [3.63, 3.8) is 0 Å². The van der Waals surface area contributed by atoms with Crippen LogP contribution in [0.4, 0.5) is 11.8 Å². The van der Waals surface area contributed by atoms with Crippen LogP contribution < -0.4 is 16.6 Å². The summed E-state index contributed by atoms with van der Waals surface area (Å²) >= 11 is 0. The van der Waals surface area contributed by atoms with Crippen LogP contribution in [0.1, 0.15) is 11.3 Å². The van der Waals surface area contributed by atoms with E-state index in [1.807, 2.05) is 19.1 Å². The first-order chi connectivity index (χ1) is 7.78. The molecule has 0 aliphatic heterocycles. The molecule has 2 heterocycles. The highest BCUT2D eigenvalue weighted by atomic mass is 16.3. The zero-order valence-corrected chi connectivity index (χ0v) is 8.90. The third kappa shape index (κ3) is 2.48. The molecule has 2 aromatic rings. The number of nitrogens with zero attached hydrogens (tertiary/aromatic N) is 2. The number of aromatic nitrogens is 2. The van der Waals surface area contributed by atoms with Crippen molar-refractivity contribution in [2.75, 3.05) is 10.7 Å². The number of aryl methyl sites for hydroxylation is 1. The lowest BCUT2D eigenvalue weighted by molar-refractivity contribution is 0.564. The van der Waals surface area contributed by atoms with Crippen molar-refractivity contribution in [1.82, 2.24) is 9.97 Å². The molecule has 16 heavy (non-hydrogen) atoms. The van der Waals surface area contributed by atoms with Crippen molar-refractivity contribution in [3.8, 4) is 0 Å². The average molecular weight is 219 g/mol. The van der Waals surface area contributed by atoms with Crippen molar-refractivity contribution in [2.24, 2.45) is 5.84 Å². The van der Waals surface area contributed by atoms with E-state index in [-0.39, 0.29) is 0 Å². The number of nitrogens with one attached hydrogen (secondary N) is 2. The Hall–Kier alpha value is -2.08. The number of rotatable bonds is 4. The van der Waals surface area contributed by atoms with Crippen LogP contribution in [0.2, 0.25) is 0 Å². The van der Waals surface area contributed by atoms with E-state index in [9.17, 15) is 0 Å². The minimum Gasteiger partial charge on any atom is -0.472 e. The van der Waals surface area contributed by atoms with Gasteiger partial charge in [0.1, 0.15) is 5.82 Å². The van der Waals surface area contributed by atoms with E-state index in [0.29, 0.717) is 12.5 Å². The summed E-state index contributed by atoms with van der Waals surface area (Å²) in [6, 6.07) is 3.74. The third-order valence-electron chi connectivity index (χ3n) is 2.04. The minimum absolute atomic E-state index is 0.398. The predicted molar refractivity (Wildman–Crippen MR) is 60.6 cm³/mol. The Morgan fingerprint density at radius 2 is 2.31 bits per heavy atom. The molecule has 0 bridgehead atoms. The molecule has 2 rings (SSSR count). The van der Waals surface area contributed by atoms with E-state index in [2.05, 4.69) is 20.7 Å². The average Bonchev–Trinajstić information content (AvgIpc) is 2.78. The van der Waals surface area contributed by atoms with Crippen LogP contribution >= 0.6 is 0 Å². The van der Waals surface area contributed by atoms with E-state index in [4.69, 9.17) is 10.3 Å². The number of nitrogens with two attached hydrogens (primary N) is 1. The molecule has 0 fully saturated rings. The Labute approximate surface area is 92.9 Å². The largest absolute Gasteiger partial charge is 0.472 e. The predicted octanol–water partition coefficient (Wildman–Crippen LogP) is 1.28.